The van der Waals surface area contributed by atoms with Crippen LogP contribution in [-0.4, -0.2) is 19.7 Å². The summed E-state index contributed by atoms with van der Waals surface area (Å²) in [6.45, 7) is 17.1. The highest BCUT2D eigenvalue weighted by Gasteiger charge is 2.44. The molecule has 2 nitrogen and oxygen atoms in total. The lowest BCUT2D eigenvalue weighted by Gasteiger charge is -2.42. The summed E-state index contributed by atoms with van der Waals surface area (Å²) in [7, 11) is -1.96. The zero-order chi connectivity index (χ0) is 17.9. The fourth-order valence-corrected chi connectivity index (χ4v) is 4.24. The Labute approximate surface area is 143 Å². The van der Waals surface area contributed by atoms with Gasteiger partial charge in [0.1, 0.15) is 5.60 Å². The third kappa shape index (κ3) is 5.29. The maximum Gasteiger partial charge on any atom is 0.193 e. The Morgan fingerprint density at radius 2 is 1.61 bits per heavy atom. The van der Waals surface area contributed by atoms with Crippen LogP contribution >= 0.6 is 0 Å². The molecule has 0 saturated carbocycles. The first-order chi connectivity index (χ1) is 10.4. The zero-order valence-electron chi connectivity index (χ0n) is 16.2. The highest BCUT2D eigenvalue weighted by Crippen LogP contribution is 2.40. The molecule has 0 aliphatic carbocycles. The molecule has 0 bridgehead atoms. The van der Waals surface area contributed by atoms with Gasteiger partial charge in [-0.3, -0.25) is 4.79 Å². The molecule has 0 spiro atoms. The van der Waals surface area contributed by atoms with E-state index >= 15 is 0 Å². The van der Waals surface area contributed by atoms with Crippen LogP contribution in [0.15, 0.2) is 30.3 Å². The number of Topliss-reactive ketones (excluding diaryl/α,β-unsaturated/α-hetero) is 1. The lowest BCUT2D eigenvalue weighted by molar-refractivity contribution is -0.133. The summed E-state index contributed by atoms with van der Waals surface area (Å²) in [5.74, 6) is 0.476. The first-order valence-electron chi connectivity index (χ1n) is 8.69. The Bertz CT molecular complexity index is 512. The lowest BCUT2D eigenvalue weighted by Crippen LogP contribution is -2.50. The molecule has 1 aromatic carbocycles. The van der Waals surface area contributed by atoms with Crippen molar-refractivity contribution in [3.63, 3.8) is 0 Å². The van der Waals surface area contributed by atoms with E-state index in [1.54, 1.807) is 0 Å². The minimum Gasteiger partial charge on any atom is -0.405 e. The van der Waals surface area contributed by atoms with E-state index in [-0.39, 0.29) is 16.7 Å². The molecule has 3 heteroatoms. The van der Waals surface area contributed by atoms with Gasteiger partial charge in [-0.05, 0) is 49.9 Å². The first kappa shape index (κ1) is 20.1. The first-order valence-corrected chi connectivity index (χ1v) is 11.6. The third-order valence-corrected chi connectivity index (χ3v) is 9.82. The number of ketones is 1. The standard InChI is InChI=1S/C20H34O2Si/c1-9-16(17-13-11-10-12-14-17)15-18(21)20(5,6)22-23(7,8)19(2,3)4/h10-14,16H,9,15H2,1-8H3/t16-/m1/s1. The van der Waals surface area contributed by atoms with Gasteiger partial charge >= 0.3 is 0 Å². The highest BCUT2D eigenvalue weighted by molar-refractivity contribution is 6.74. The third-order valence-electron chi connectivity index (χ3n) is 5.18. The molecule has 0 amide bonds. The van der Waals surface area contributed by atoms with Crippen molar-refractivity contribution in [3.8, 4) is 0 Å². The molecule has 1 aromatic rings. The molecule has 0 aromatic heterocycles. The van der Waals surface area contributed by atoms with Gasteiger partial charge in [0.2, 0.25) is 0 Å². The van der Waals surface area contributed by atoms with Crippen LogP contribution in [-0.2, 0) is 9.22 Å². The maximum absolute atomic E-state index is 12.9. The van der Waals surface area contributed by atoms with Gasteiger partial charge < -0.3 is 4.43 Å². The number of carbonyl (C=O) groups excluding carboxylic acids is 1. The van der Waals surface area contributed by atoms with Gasteiger partial charge in [0, 0.05) is 6.42 Å². The molecule has 1 rings (SSSR count). The number of benzene rings is 1. The van der Waals surface area contributed by atoms with Crippen LogP contribution in [0.1, 0.15) is 65.9 Å². The van der Waals surface area contributed by atoms with E-state index in [1.807, 2.05) is 32.0 Å². The van der Waals surface area contributed by atoms with E-state index in [0.29, 0.717) is 6.42 Å². The molecule has 0 heterocycles. The summed E-state index contributed by atoms with van der Waals surface area (Å²) in [4.78, 5) is 12.9. The molecule has 1 atom stereocenters. The van der Waals surface area contributed by atoms with Crippen molar-refractivity contribution >= 4 is 14.1 Å². The molecular weight excluding hydrogens is 300 g/mol. The molecule has 0 unspecified atom stereocenters. The van der Waals surface area contributed by atoms with Crippen molar-refractivity contribution in [2.45, 2.75) is 84.0 Å². The van der Waals surface area contributed by atoms with Gasteiger partial charge in [0.25, 0.3) is 0 Å². The van der Waals surface area contributed by atoms with Crippen LogP contribution in [0, 0.1) is 0 Å². The van der Waals surface area contributed by atoms with Gasteiger partial charge in [-0.25, -0.2) is 0 Å². The van der Waals surface area contributed by atoms with E-state index in [2.05, 4.69) is 52.9 Å². The molecule has 0 saturated heterocycles. The summed E-state index contributed by atoms with van der Waals surface area (Å²) < 4.78 is 6.42. The van der Waals surface area contributed by atoms with E-state index < -0.39 is 13.9 Å². The van der Waals surface area contributed by atoms with Crippen LogP contribution in [0.2, 0.25) is 18.1 Å². The van der Waals surface area contributed by atoms with Gasteiger partial charge in [-0.15, -0.1) is 0 Å². The molecule has 130 valence electrons. The summed E-state index contributed by atoms with van der Waals surface area (Å²) in [5, 5.41) is 0.105. The van der Waals surface area contributed by atoms with E-state index in [1.165, 1.54) is 5.56 Å². The number of carbonyl (C=O) groups is 1. The fraction of sp³-hybridized carbons (Fsp3) is 0.650. The average Bonchev–Trinajstić information content (AvgIpc) is 2.43. The molecule has 0 aliphatic rings. The van der Waals surface area contributed by atoms with Crippen molar-refractivity contribution in [1.29, 1.82) is 0 Å². The Morgan fingerprint density at radius 1 is 1.09 bits per heavy atom. The summed E-state index contributed by atoms with van der Waals surface area (Å²) in [6, 6.07) is 10.3. The van der Waals surface area contributed by atoms with Crippen molar-refractivity contribution < 1.29 is 9.22 Å². The minimum absolute atomic E-state index is 0.105. The molecular formula is C20H34O2Si. The second-order valence-corrected chi connectivity index (χ2v) is 13.2. The van der Waals surface area contributed by atoms with Crippen molar-refractivity contribution in [1.82, 2.24) is 0 Å². The second kappa shape index (κ2) is 7.31. The molecule has 0 N–H and O–H groups in total. The van der Waals surface area contributed by atoms with Crippen molar-refractivity contribution in [2.24, 2.45) is 0 Å². The number of rotatable bonds is 7. The Kier molecular flexibility index (Phi) is 6.39. The SMILES string of the molecule is CC[C@H](CC(=O)C(C)(C)O[Si](C)(C)C(C)(C)C)c1ccccc1. The largest absolute Gasteiger partial charge is 0.405 e. The Morgan fingerprint density at radius 3 is 2.04 bits per heavy atom. The van der Waals surface area contributed by atoms with Crippen molar-refractivity contribution in [3.05, 3.63) is 35.9 Å². The Hall–Kier alpha value is -0.933. The van der Waals surface area contributed by atoms with Crippen LogP contribution in [0.4, 0.5) is 0 Å². The highest BCUT2D eigenvalue weighted by atomic mass is 28.4. The predicted molar refractivity (Wildman–Crippen MR) is 101 cm³/mol. The van der Waals surface area contributed by atoms with Gasteiger partial charge in [0.15, 0.2) is 14.1 Å². The smallest absolute Gasteiger partial charge is 0.193 e. The lowest BCUT2D eigenvalue weighted by atomic mass is 9.87. The van der Waals surface area contributed by atoms with Gasteiger partial charge in [-0.1, -0.05) is 58.0 Å². The molecule has 0 radical (unpaired) electrons. The van der Waals surface area contributed by atoms with Crippen LogP contribution in [0.5, 0.6) is 0 Å². The second-order valence-electron chi connectivity index (χ2n) is 8.52. The number of hydrogen-bond donors (Lipinski definition) is 0. The molecule has 0 aliphatic heterocycles. The molecule has 23 heavy (non-hydrogen) atoms. The minimum atomic E-state index is -1.96. The average molecular weight is 335 g/mol. The topological polar surface area (TPSA) is 26.3 Å². The predicted octanol–water partition coefficient (Wildman–Crippen LogP) is 5.94. The van der Waals surface area contributed by atoms with E-state index in [0.717, 1.165) is 6.42 Å². The summed E-state index contributed by atoms with van der Waals surface area (Å²) in [5.41, 5.74) is 0.525. The van der Waals surface area contributed by atoms with Gasteiger partial charge in [0.05, 0.1) is 0 Å². The van der Waals surface area contributed by atoms with E-state index in [9.17, 15) is 4.79 Å². The van der Waals surface area contributed by atoms with Crippen molar-refractivity contribution in [2.75, 3.05) is 0 Å². The molecule has 0 fully saturated rings. The van der Waals surface area contributed by atoms with Crippen LogP contribution in [0.25, 0.3) is 0 Å². The Balaban J connectivity index is 2.86. The van der Waals surface area contributed by atoms with E-state index in [4.69, 9.17) is 4.43 Å². The monoisotopic (exact) mass is 334 g/mol. The van der Waals surface area contributed by atoms with Crippen LogP contribution < -0.4 is 0 Å². The number of hydrogen-bond acceptors (Lipinski definition) is 2. The normalized spacial score (nSPS) is 14.6. The quantitative estimate of drug-likeness (QED) is 0.577. The van der Waals surface area contributed by atoms with Gasteiger partial charge in [-0.2, -0.15) is 0 Å². The van der Waals surface area contributed by atoms with Crippen LogP contribution in [0.3, 0.4) is 0 Å². The summed E-state index contributed by atoms with van der Waals surface area (Å²) in [6.07, 6.45) is 1.51. The fourth-order valence-electron chi connectivity index (χ4n) is 2.54. The maximum atomic E-state index is 12.9. The summed E-state index contributed by atoms with van der Waals surface area (Å²) >= 11 is 0. The zero-order valence-corrected chi connectivity index (χ0v) is 17.2.